The number of benzene rings is 1. The standard InChI is InChI=1S/C31H53N3O6.ClH/c1-22(2)23(20-33-29(36)25-15-9-10-16-28(25)40-18-12-11-17-38-4)19-26(32)27(35)21-34-30(37)31(3,39-5)24-13-7-6-8-14-24;/h9-10,15-16,22-24,26-27,35H,6-8,11-14,17-21,32H2,1-5H3,(H,33,36)(H,34,37);1H/t23-,26+,27+,31-;/m1./s1. The third-order valence-corrected chi connectivity index (χ3v) is 8.40. The number of rotatable bonds is 18. The molecule has 0 radical (unpaired) electrons. The highest BCUT2D eigenvalue weighted by Gasteiger charge is 2.42. The summed E-state index contributed by atoms with van der Waals surface area (Å²) in [6.45, 7) is 7.64. The third kappa shape index (κ3) is 11.7. The van der Waals surface area contributed by atoms with E-state index in [1.165, 1.54) is 6.42 Å². The summed E-state index contributed by atoms with van der Waals surface area (Å²) in [5, 5.41) is 16.7. The molecule has 5 N–H and O–H groups in total. The van der Waals surface area contributed by atoms with Crippen LogP contribution in [0.3, 0.4) is 0 Å². The van der Waals surface area contributed by atoms with Gasteiger partial charge in [-0.25, -0.2) is 0 Å². The van der Waals surface area contributed by atoms with Gasteiger partial charge in [-0.15, -0.1) is 12.4 Å². The van der Waals surface area contributed by atoms with Crippen molar-refractivity contribution < 1.29 is 28.9 Å². The highest BCUT2D eigenvalue weighted by Crippen LogP contribution is 2.35. The van der Waals surface area contributed by atoms with Gasteiger partial charge in [0.2, 0.25) is 0 Å². The van der Waals surface area contributed by atoms with Crippen LogP contribution in [0, 0.1) is 17.8 Å². The van der Waals surface area contributed by atoms with E-state index >= 15 is 0 Å². The Bertz CT molecular complexity index is 898. The zero-order chi connectivity index (χ0) is 29.5. The lowest BCUT2D eigenvalue weighted by Gasteiger charge is -2.37. The summed E-state index contributed by atoms with van der Waals surface area (Å²) in [5.74, 6) is 0.567. The molecule has 0 unspecified atom stereocenters. The number of hydrogen-bond donors (Lipinski definition) is 4. The van der Waals surface area contributed by atoms with Crippen molar-refractivity contribution in [3.05, 3.63) is 29.8 Å². The second-order valence-electron chi connectivity index (χ2n) is 11.6. The molecule has 0 saturated heterocycles. The van der Waals surface area contributed by atoms with Crippen molar-refractivity contribution in [1.82, 2.24) is 10.6 Å². The van der Waals surface area contributed by atoms with Crippen molar-refractivity contribution in [3.8, 4) is 5.75 Å². The molecule has 0 aliphatic heterocycles. The van der Waals surface area contributed by atoms with Crippen LogP contribution in [-0.4, -0.2) is 75.2 Å². The lowest BCUT2D eigenvalue weighted by molar-refractivity contribution is -0.150. The highest BCUT2D eigenvalue weighted by atomic mass is 35.5. The quantitative estimate of drug-likeness (QED) is 0.187. The maximum atomic E-state index is 13.1. The first kappa shape index (κ1) is 37.1. The van der Waals surface area contributed by atoms with Gasteiger partial charge < -0.3 is 35.7 Å². The SMILES string of the molecule is COCCCCOc1ccccc1C(=O)NC[C@@H](C[C@H](N)[C@@H](O)CNC(=O)[C@](C)(OC)C1CCCCC1)C(C)C.Cl. The largest absolute Gasteiger partial charge is 0.493 e. The Morgan fingerprint density at radius 2 is 1.71 bits per heavy atom. The Morgan fingerprint density at radius 1 is 1.05 bits per heavy atom. The summed E-state index contributed by atoms with van der Waals surface area (Å²) in [6.07, 6.45) is 6.64. The van der Waals surface area contributed by atoms with E-state index in [2.05, 4.69) is 24.5 Å². The molecular formula is C31H54ClN3O6. The Balaban J connectivity index is 0.00000840. The third-order valence-electron chi connectivity index (χ3n) is 8.40. The molecule has 0 heterocycles. The van der Waals surface area contributed by atoms with Crippen LogP contribution in [0.2, 0.25) is 0 Å². The van der Waals surface area contributed by atoms with E-state index in [4.69, 9.17) is 19.9 Å². The summed E-state index contributed by atoms with van der Waals surface area (Å²) in [7, 11) is 3.25. The molecular weight excluding hydrogens is 546 g/mol. The minimum atomic E-state index is -0.918. The molecule has 236 valence electrons. The first-order chi connectivity index (χ1) is 19.1. The number of ether oxygens (including phenoxy) is 3. The first-order valence-electron chi connectivity index (χ1n) is 14.9. The molecule has 10 heteroatoms. The van der Waals surface area contributed by atoms with Crippen molar-refractivity contribution in [2.45, 2.75) is 89.9 Å². The fourth-order valence-corrected chi connectivity index (χ4v) is 5.35. The summed E-state index contributed by atoms with van der Waals surface area (Å²) >= 11 is 0. The second kappa shape index (κ2) is 19.3. The van der Waals surface area contributed by atoms with Gasteiger partial charge in [0.1, 0.15) is 11.4 Å². The van der Waals surface area contributed by atoms with Crippen LogP contribution >= 0.6 is 12.4 Å². The summed E-state index contributed by atoms with van der Waals surface area (Å²) in [5.41, 5.74) is 5.95. The van der Waals surface area contributed by atoms with E-state index < -0.39 is 17.7 Å². The number of methoxy groups -OCH3 is 2. The number of aliphatic hydroxyl groups is 1. The van der Waals surface area contributed by atoms with Gasteiger partial charge in [0.05, 0.1) is 18.3 Å². The number of amides is 2. The maximum absolute atomic E-state index is 13.1. The fraction of sp³-hybridized carbons (Fsp3) is 0.742. The first-order valence-corrected chi connectivity index (χ1v) is 14.9. The molecule has 2 amide bonds. The lowest BCUT2D eigenvalue weighted by atomic mass is 9.77. The minimum absolute atomic E-state index is 0. The van der Waals surface area contributed by atoms with Gasteiger partial charge in [-0.3, -0.25) is 9.59 Å². The monoisotopic (exact) mass is 599 g/mol. The number of hydrogen-bond acceptors (Lipinski definition) is 7. The van der Waals surface area contributed by atoms with Crippen molar-refractivity contribution in [3.63, 3.8) is 0 Å². The van der Waals surface area contributed by atoms with Crippen LogP contribution in [-0.2, 0) is 14.3 Å². The number of para-hydroxylation sites is 1. The predicted molar refractivity (Wildman–Crippen MR) is 165 cm³/mol. The summed E-state index contributed by atoms with van der Waals surface area (Å²) < 4.78 is 16.6. The smallest absolute Gasteiger partial charge is 0.255 e. The molecule has 1 aliphatic rings. The van der Waals surface area contributed by atoms with E-state index in [-0.39, 0.29) is 48.5 Å². The van der Waals surface area contributed by atoms with Crippen molar-refractivity contribution in [1.29, 1.82) is 0 Å². The van der Waals surface area contributed by atoms with Crippen LogP contribution in [0.1, 0.15) is 82.5 Å². The van der Waals surface area contributed by atoms with Crippen LogP contribution < -0.4 is 21.1 Å². The van der Waals surface area contributed by atoms with Gasteiger partial charge in [0.15, 0.2) is 0 Å². The van der Waals surface area contributed by atoms with Gasteiger partial charge in [0.25, 0.3) is 11.8 Å². The maximum Gasteiger partial charge on any atom is 0.255 e. The lowest BCUT2D eigenvalue weighted by Crippen LogP contribution is -2.54. The number of nitrogens with two attached hydrogens (primary N) is 1. The van der Waals surface area contributed by atoms with E-state index in [0.717, 1.165) is 38.5 Å². The van der Waals surface area contributed by atoms with Crippen LogP contribution in [0.25, 0.3) is 0 Å². The van der Waals surface area contributed by atoms with E-state index in [0.29, 0.717) is 37.5 Å². The zero-order valence-electron chi connectivity index (χ0n) is 25.7. The molecule has 41 heavy (non-hydrogen) atoms. The Kier molecular flexibility index (Phi) is 17.5. The average molecular weight is 600 g/mol. The molecule has 2 rings (SSSR count). The van der Waals surface area contributed by atoms with Gasteiger partial charge in [-0.05, 0) is 68.9 Å². The van der Waals surface area contributed by atoms with E-state index in [1.54, 1.807) is 26.4 Å². The molecule has 4 atom stereocenters. The molecule has 1 saturated carbocycles. The topological polar surface area (TPSA) is 132 Å². The molecule has 0 aromatic heterocycles. The van der Waals surface area contributed by atoms with E-state index in [1.807, 2.05) is 19.1 Å². The van der Waals surface area contributed by atoms with E-state index in [9.17, 15) is 14.7 Å². The fourth-order valence-electron chi connectivity index (χ4n) is 5.35. The summed E-state index contributed by atoms with van der Waals surface area (Å²) in [4.78, 5) is 26.1. The predicted octanol–water partition coefficient (Wildman–Crippen LogP) is 4.10. The van der Waals surface area contributed by atoms with Crippen molar-refractivity contribution in [2.24, 2.45) is 23.5 Å². The number of halogens is 1. The van der Waals surface area contributed by atoms with Gasteiger partial charge >= 0.3 is 0 Å². The molecule has 0 bridgehead atoms. The Labute approximate surface area is 253 Å². The number of aliphatic hydroxyl groups excluding tert-OH is 1. The van der Waals surface area contributed by atoms with Gasteiger partial charge in [0, 0.05) is 40.0 Å². The van der Waals surface area contributed by atoms with Crippen molar-refractivity contribution in [2.75, 3.05) is 40.5 Å². The normalized spacial score (nSPS) is 17.6. The van der Waals surface area contributed by atoms with Crippen LogP contribution in [0.5, 0.6) is 5.75 Å². The Morgan fingerprint density at radius 3 is 2.34 bits per heavy atom. The van der Waals surface area contributed by atoms with Crippen molar-refractivity contribution >= 4 is 24.2 Å². The minimum Gasteiger partial charge on any atom is -0.493 e. The highest BCUT2D eigenvalue weighted by molar-refractivity contribution is 5.96. The molecule has 1 aromatic rings. The Hall–Kier alpha value is -1.91. The molecule has 9 nitrogen and oxygen atoms in total. The zero-order valence-corrected chi connectivity index (χ0v) is 26.5. The van der Waals surface area contributed by atoms with Crippen LogP contribution in [0.15, 0.2) is 24.3 Å². The average Bonchev–Trinajstić information content (AvgIpc) is 2.97. The molecule has 1 aliphatic carbocycles. The molecule has 1 fully saturated rings. The van der Waals surface area contributed by atoms with Gasteiger partial charge in [-0.2, -0.15) is 0 Å². The summed E-state index contributed by atoms with van der Waals surface area (Å²) in [6, 6.07) is 6.66. The number of unbranched alkanes of at least 4 members (excludes halogenated alkanes) is 1. The number of carbonyl (C=O) groups excluding carboxylic acids is 2. The molecule has 1 aromatic carbocycles. The second-order valence-corrected chi connectivity index (χ2v) is 11.6. The number of nitrogens with one attached hydrogen (secondary N) is 2. The van der Waals surface area contributed by atoms with Gasteiger partial charge in [-0.1, -0.05) is 45.2 Å². The number of carbonyl (C=O) groups is 2. The molecule has 0 spiro atoms. The van der Waals surface area contributed by atoms with Crippen LogP contribution in [0.4, 0.5) is 0 Å².